The first-order valence-corrected chi connectivity index (χ1v) is 9.63. The van der Waals surface area contributed by atoms with Gasteiger partial charge in [-0.25, -0.2) is 13.2 Å². The van der Waals surface area contributed by atoms with Crippen molar-refractivity contribution in [2.24, 2.45) is 0 Å². The first-order valence-electron chi connectivity index (χ1n) is 8.09. The standard InChI is InChI=1S/C15H21NO9S/c1-15(2)13(16-9(17)7-10(16)26(15,22)23)14(21)25-8-24-12(20)6-4-3-5-11(18)19/h10,13H,3-8H2,1-2H3,(H,18,19)/t10-,13+/m1/s1. The Balaban J connectivity index is 1.83. The van der Waals surface area contributed by atoms with Crippen molar-refractivity contribution in [3.63, 3.8) is 0 Å². The van der Waals surface area contributed by atoms with Crippen LogP contribution in [-0.4, -0.2) is 65.2 Å². The molecule has 0 aromatic carbocycles. The molecule has 2 aliphatic rings. The number of amides is 1. The van der Waals surface area contributed by atoms with Gasteiger partial charge in [-0.1, -0.05) is 0 Å². The van der Waals surface area contributed by atoms with Crippen molar-refractivity contribution in [3.05, 3.63) is 0 Å². The van der Waals surface area contributed by atoms with Crippen molar-refractivity contribution in [2.45, 2.75) is 62.1 Å². The largest absolute Gasteiger partial charge is 0.481 e. The first kappa shape index (κ1) is 20.1. The number of fused-ring (bicyclic) bond motifs is 1. The summed E-state index contributed by atoms with van der Waals surface area (Å²) in [5.74, 6) is -3.02. The Kier molecular flexibility index (Phi) is 5.59. The number of esters is 2. The summed E-state index contributed by atoms with van der Waals surface area (Å²) in [6.45, 7) is 2.01. The van der Waals surface area contributed by atoms with Gasteiger partial charge in [-0.15, -0.1) is 0 Å². The van der Waals surface area contributed by atoms with Gasteiger partial charge in [0.25, 0.3) is 0 Å². The molecule has 0 unspecified atom stereocenters. The van der Waals surface area contributed by atoms with Crippen LogP contribution in [0.15, 0.2) is 0 Å². The zero-order chi connectivity index (χ0) is 19.7. The molecular formula is C15H21NO9S. The summed E-state index contributed by atoms with van der Waals surface area (Å²) in [4.78, 5) is 46.8. The average Bonchev–Trinajstić information content (AvgIpc) is 2.65. The minimum atomic E-state index is -3.71. The number of β-lactam (4-membered cyclic amide) rings is 1. The van der Waals surface area contributed by atoms with E-state index in [4.69, 9.17) is 14.6 Å². The van der Waals surface area contributed by atoms with Crippen LogP contribution in [0.5, 0.6) is 0 Å². The maximum atomic E-state index is 12.4. The maximum Gasteiger partial charge on any atom is 0.333 e. The predicted molar refractivity (Wildman–Crippen MR) is 85.2 cm³/mol. The molecule has 2 rings (SSSR count). The highest BCUT2D eigenvalue weighted by molar-refractivity contribution is 7.93. The van der Waals surface area contributed by atoms with Crippen LogP contribution in [0.4, 0.5) is 0 Å². The summed E-state index contributed by atoms with van der Waals surface area (Å²) < 4.78 is 32.8. The minimum Gasteiger partial charge on any atom is -0.481 e. The summed E-state index contributed by atoms with van der Waals surface area (Å²) in [6.07, 6.45) is 0.397. The molecule has 2 aliphatic heterocycles. The summed E-state index contributed by atoms with van der Waals surface area (Å²) in [6, 6.07) is -1.28. The molecular weight excluding hydrogens is 370 g/mol. The second-order valence-corrected chi connectivity index (χ2v) is 9.40. The fourth-order valence-corrected chi connectivity index (χ4v) is 5.18. The van der Waals surface area contributed by atoms with Gasteiger partial charge in [0.1, 0.15) is 11.4 Å². The van der Waals surface area contributed by atoms with E-state index in [1.165, 1.54) is 13.8 Å². The van der Waals surface area contributed by atoms with Crippen LogP contribution in [0.2, 0.25) is 0 Å². The fourth-order valence-electron chi connectivity index (χ4n) is 3.06. The topological polar surface area (TPSA) is 144 Å². The average molecular weight is 391 g/mol. The number of rotatable bonds is 8. The fraction of sp³-hybridized carbons (Fsp3) is 0.733. The molecule has 0 radical (unpaired) electrons. The number of carboxylic acids is 1. The monoisotopic (exact) mass is 391 g/mol. The Labute approximate surface area is 150 Å². The zero-order valence-corrected chi connectivity index (χ0v) is 15.3. The van der Waals surface area contributed by atoms with Gasteiger partial charge >= 0.3 is 17.9 Å². The van der Waals surface area contributed by atoms with Crippen molar-refractivity contribution in [3.8, 4) is 0 Å². The number of aliphatic carboxylic acids is 1. The number of sulfone groups is 1. The number of nitrogens with zero attached hydrogens (tertiary/aromatic N) is 1. The highest BCUT2D eigenvalue weighted by Gasteiger charge is 2.68. The lowest BCUT2D eigenvalue weighted by atomic mass is 9.98. The third kappa shape index (κ3) is 3.53. The van der Waals surface area contributed by atoms with Crippen molar-refractivity contribution >= 4 is 33.7 Å². The van der Waals surface area contributed by atoms with Gasteiger partial charge in [0.2, 0.25) is 12.7 Å². The second kappa shape index (κ2) is 7.22. The highest BCUT2D eigenvalue weighted by atomic mass is 32.2. The van der Waals surface area contributed by atoms with Crippen LogP contribution in [0, 0.1) is 0 Å². The molecule has 0 bridgehead atoms. The molecule has 0 aromatic rings. The molecule has 1 amide bonds. The van der Waals surface area contributed by atoms with Crippen LogP contribution in [0.25, 0.3) is 0 Å². The third-order valence-corrected chi connectivity index (χ3v) is 7.44. The number of carbonyl (C=O) groups excluding carboxylic acids is 3. The van der Waals surface area contributed by atoms with Crippen molar-refractivity contribution in [1.82, 2.24) is 4.90 Å². The maximum absolute atomic E-state index is 12.4. The minimum absolute atomic E-state index is 0.0270. The van der Waals surface area contributed by atoms with E-state index in [2.05, 4.69) is 0 Å². The normalized spacial score (nSPS) is 25.2. The van der Waals surface area contributed by atoms with Gasteiger partial charge in [-0.2, -0.15) is 0 Å². The quantitative estimate of drug-likeness (QED) is 0.257. The first-order chi connectivity index (χ1) is 12.0. The number of hydrogen-bond donors (Lipinski definition) is 1. The smallest absolute Gasteiger partial charge is 0.333 e. The van der Waals surface area contributed by atoms with E-state index in [-0.39, 0.29) is 19.3 Å². The van der Waals surface area contributed by atoms with Gasteiger partial charge < -0.3 is 19.5 Å². The molecule has 10 nitrogen and oxygen atoms in total. The molecule has 1 N–H and O–H groups in total. The lowest BCUT2D eigenvalue weighted by Gasteiger charge is -2.36. The van der Waals surface area contributed by atoms with E-state index >= 15 is 0 Å². The zero-order valence-electron chi connectivity index (χ0n) is 14.5. The van der Waals surface area contributed by atoms with Crippen LogP contribution in [-0.2, 0) is 38.5 Å². The summed E-state index contributed by atoms with van der Waals surface area (Å²) in [5, 5.41) is 7.47. The van der Waals surface area contributed by atoms with E-state index in [1.807, 2.05) is 0 Å². The van der Waals surface area contributed by atoms with Gasteiger partial charge in [0.15, 0.2) is 9.84 Å². The Hall–Kier alpha value is -2.17. The Morgan fingerprint density at radius 3 is 2.38 bits per heavy atom. The molecule has 0 saturated carbocycles. The Morgan fingerprint density at radius 2 is 1.81 bits per heavy atom. The molecule has 0 aliphatic carbocycles. The van der Waals surface area contributed by atoms with Gasteiger partial charge in [0, 0.05) is 12.8 Å². The molecule has 2 heterocycles. The van der Waals surface area contributed by atoms with Crippen molar-refractivity contribution in [1.29, 1.82) is 0 Å². The SMILES string of the molecule is CC1(C)[C@H](C(=O)OCOC(=O)CCCCC(=O)O)N2C(=O)C[C@H]2S1(=O)=O. The Bertz CT molecular complexity index is 727. The van der Waals surface area contributed by atoms with E-state index in [1.54, 1.807) is 0 Å². The Morgan fingerprint density at radius 1 is 1.19 bits per heavy atom. The lowest BCUT2D eigenvalue weighted by molar-refractivity contribution is -0.175. The number of ether oxygens (including phenoxy) is 2. The van der Waals surface area contributed by atoms with Crippen LogP contribution >= 0.6 is 0 Å². The molecule has 26 heavy (non-hydrogen) atoms. The summed E-state index contributed by atoms with van der Waals surface area (Å²) in [7, 11) is -3.71. The summed E-state index contributed by atoms with van der Waals surface area (Å²) >= 11 is 0. The highest BCUT2D eigenvalue weighted by Crippen LogP contribution is 2.45. The summed E-state index contributed by atoms with van der Waals surface area (Å²) in [5.41, 5.74) is 0. The number of hydrogen-bond acceptors (Lipinski definition) is 8. The van der Waals surface area contributed by atoms with Crippen molar-refractivity contribution in [2.75, 3.05) is 6.79 Å². The van der Waals surface area contributed by atoms with Crippen molar-refractivity contribution < 1.29 is 42.2 Å². The van der Waals surface area contributed by atoms with Gasteiger partial charge in [-0.3, -0.25) is 14.4 Å². The molecule has 2 fully saturated rings. The second-order valence-electron chi connectivity index (χ2n) is 6.71. The van der Waals surface area contributed by atoms with E-state index in [9.17, 15) is 27.6 Å². The molecule has 146 valence electrons. The van der Waals surface area contributed by atoms with E-state index in [0.717, 1.165) is 4.90 Å². The third-order valence-electron chi connectivity index (χ3n) is 4.64. The van der Waals surface area contributed by atoms with E-state index < -0.39 is 56.6 Å². The van der Waals surface area contributed by atoms with Gasteiger partial charge in [-0.05, 0) is 26.7 Å². The molecule has 2 atom stereocenters. The lowest BCUT2D eigenvalue weighted by Crippen LogP contribution is -2.57. The molecule has 0 aromatic heterocycles. The molecule has 0 spiro atoms. The van der Waals surface area contributed by atoms with Crippen LogP contribution in [0.1, 0.15) is 46.0 Å². The van der Waals surface area contributed by atoms with Gasteiger partial charge in [0.05, 0.1) is 11.2 Å². The molecule has 11 heteroatoms. The van der Waals surface area contributed by atoms with Crippen LogP contribution < -0.4 is 0 Å². The molecule has 2 saturated heterocycles. The van der Waals surface area contributed by atoms with E-state index in [0.29, 0.717) is 12.8 Å². The predicted octanol–water partition coefficient (Wildman–Crippen LogP) is -0.191. The number of unbranched alkanes of at least 4 members (excludes halogenated alkanes) is 1. The number of carbonyl (C=O) groups is 4. The number of carboxylic acid groups (broad SMARTS) is 1. The van der Waals surface area contributed by atoms with Crippen LogP contribution in [0.3, 0.4) is 0 Å².